The van der Waals surface area contributed by atoms with E-state index in [0.717, 1.165) is 29.4 Å². The molecule has 3 heteroatoms. The van der Waals surface area contributed by atoms with Crippen molar-refractivity contribution < 1.29 is 0 Å². The Labute approximate surface area is 121 Å². The van der Waals surface area contributed by atoms with E-state index in [1.54, 1.807) is 0 Å². The fourth-order valence-corrected chi connectivity index (χ4v) is 1.93. The molecule has 0 atom stereocenters. The normalized spacial score (nSPS) is 11.4. The monoisotopic (exact) mass is 269 g/mol. The van der Waals surface area contributed by atoms with Gasteiger partial charge in [-0.3, -0.25) is 0 Å². The highest BCUT2D eigenvalue weighted by molar-refractivity contribution is 5.63. The molecule has 1 aromatic heterocycles. The van der Waals surface area contributed by atoms with Crippen LogP contribution in [0.1, 0.15) is 39.1 Å². The Bertz CT molecular complexity index is 580. The molecule has 0 saturated heterocycles. The molecule has 0 aliphatic carbocycles. The summed E-state index contributed by atoms with van der Waals surface area (Å²) in [5.41, 5.74) is 3.29. The number of rotatable bonds is 3. The molecule has 0 fully saturated rings. The highest BCUT2D eigenvalue weighted by Crippen LogP contribution is 2.25. The summed E-state index contributed by atoms with van der Waals surface area (Å²) in [5.74, 6) is 1.76. The summed E-state index contributed by atoms with van der Waals surface area (Å²) < 4.78 is 0. The van der Waals surface area contributed by atoms with Gasteiger partial charge in [0.2, 0.25) is 0 Å². The van der Waals surface area contributed by atoms with Crippen molar-refractivity contribution in [2.75, 3.05) is 11.9 Å². The van der Waals surface area contributed by atoms with Crippen molar-refractivity contribution >= 4 is 5.82 Å². The van der Waals surface area contributed by atoms with E-state index in [1.165, 1.54) is 5.56 Å². The minimum absolute atomic E-state index is 0.0646. The van der Waals surface area contributed by atoms with Crippen molar-refractivity contribution in [3.8, 4) is 11.3 Å². The van der Waals surface area contributed by atoms with Crippen LogP contribution in [0.3, 0.4) is 0 Å². The Morgan fingerprint density at radius 2 is 1.70 bits per heavy atom. The number of hydrogen-bond acceptors (Lipinski definition) is 3. The van der Waals surface area contributed by atoms with Gasteiger partial charge in [-0.25, -0.2) is 9.97 Å². The van der Waals surface area contributed by atoms with E-state index < -0.39 is 0 Å². The number of hydrogen-bond donors (Lipinski definition) is 1. The maximum absolute atomic E-state index is 4.74. The molecule has 0 bridgehead atoms. The van der Waals surface area contributed by atoms with Crippen molar-refractivity contribution in [1.82, 2.24) is 9.97 Å². The van der Waals surface area contributed by atoms with Crippen molar-refractivity contribution in [2.24, 2.45) is 0 Å². The zero-order valence-electron chi connectivity index (χ0n) is 13.0. The van der Waals surface area contributed by atoms with E-state index in [9.17, 15) is 0 Å². The summed E-state index contributed by atoms with van der Waals surface area (Å²) in [6, 6.07) is 10.5. The SMILES string of the molecule is CCNc1cc(-c2ccc(C)cc2)nc(C(C)(C)C)n1. The quantitative estimate of drug-likeness (QED) is 0.908. The molecule has 0 radical (unpaired) electrons. The highest BCUT2D eigenvalue weighted by atomic mass is 15.0. The first kappa shape index (κ1) is 14.5. The minimum atomic E-state index is -0.0646. The van der Waals surface area contributed by atoms with Crippen molar-refractivity contribution in [2.45, 2.75) is 40.0 Å². The summed E-state index contributed by atoms with van der Waals surface area (Å²) in [6.45, 7) is 11.4. The molecule has 0 aliphatic heterocycles. The number of nitrogens with zero attached hydrogens (tertiary/aromatic N) is 2. The second-order valence-electron chi connectivity index (χ2n) is 6.11. The topological polar surface area (TPSA) is 37.8 Å². The van der Waals surface area contributed by atoms with E-state index in [0.29, 0.717) is 0 Å². The molecule has 0 spiro atoms. The average Bonchev–Trinajstić information content (AvgIpc) is 2.38. The Kier molecular flexibility index (Phi) is 4.07. The van der Waals surface area contributed by atoms with Gasteiger partial charge in [0, 0.05) is 23.6 Å². The molecule has 1 aromatic carbocycles. The van der Waals surface area contributed by atoms with Gasteiger partial charge in [-0.1, -0.05) is 50.6 Å². The smallest absolute Gasteiger partial charge is 0.136 e. The van der Waals surface area contributed by atoms with Crippen LogP contribution in [0.2, 0.25) is 0 Å². The van der Waals surface area contributed by atoms with E-state index >= 15 is 0 Å². The molecular weight excluding hydrogens is 246 g/mol. The van der Waals surface area contributed by atoms with E-state index in [1.807, 2.05) is 6.07 Å². The predicted octanol–water partition coefficient (Wildman–Crippen LogP) is 4.18. The lowest BCUT2D eigenvalue weighted by atomic mass is 9.95. The molecule has 0 aliphatic rings. The number of benzene rings is 1. The third kappa shape index (κ3) is 3.35. The largest absolute Gasteiger partial charge is 0.370 e. The fraction of sp³-hybridized carbons (Fsp3) is 0.412. The van der Waals surface area contributed by atoms with Gasteiger partial charge in [0.1, 0.15) is 11.6 Å². The van der Waals surface area contributed by atoms with Crippen LogP contribution in [-0.2, 0) is 5.41 Å². The summed E-state index contributed by atoms with van der Waals surface area (Å²) >= 11 is 0. The molecule has 1 N–H and O–H groups in total. The lowest BCUT2D eigenvalue weighted by Crippen LogP contribution is -2.17. The van der Waals surface area contributed by atoms with Crippen LogP contribution in [0, 0.1) is 6.92 Å². The average molecular weight is 269 g/mol. The van der Waals surface area contributed by atoms with E-state index in [4.69, 9.17) is 4.98 Å². The van der Waals surface area contributed by atoms with Gasteiger partial charge in [-0.2, -0.15) is 0 Å². The molecule has 20 heavy (non-hydrogen) atoms. The van der Waals surface area contributed by atoms with Gasteiger partial charge < -0.3 is 5.32 Å². The third-order valence-corrected chi connectivity index (χ3v) is 3.10. The summed E-state index contributed by atoms with van der Waals surface area (Å²) in [5, 5.41) is 3.29. The van der Waals surface area contributed by atoms with Gasteiger partial charge in [-0.05, 0) is 13.8 Å². The molecule has 0 amide bonds. The van der Waals surface area contributed by atoms with E-state index in [-0.39, 0.29) is 5.41 Å². The maximum atomic E-state index is 4.74. The molecule has 0 unspecified atom stereocenters. The Balaban J connectivity index is 2.51. The summed E-state index contributed by atoms with van der Waals surface area (Å²) in [4.78, 5) is 9.35. The van der Waals surface area contributed by atoms with Crippen LogP contribution in [-0.4, -0.2) is 16.5 Å². The predicted molar refractivity (Wildman–Crippen MR) is 85.1 cm³/mol. The van der Waals surface area contributed by atoms with Gasteiger partial charge in [0.15, 0.2) is 0 Å². The fourth-order valence-electron chi connectivity index (χ4n) is 1.93. The standard InChI is InChI=1S/C17H23N3/c1-6-18-15-11-14(13-9-7-12(2)8-10-13)19-16(20-15)17(3,4)5/h7-11H,6H2,1-5H3,(H,18,19,20). The zero-order valence-corrected chi connectivity index (χ0v) is 13.0. The van der Waals surface area contributed by atoms with Crippen LogP contribution in [0.4, 0.5) is 5.82 Å². The number of aromatic nitrogens is 2. The molecule has 2 rings (SSSR count). The Morgan fingerprint density at radius 1 is 1.05 bits per heavy atom. The highest BCUT2D eigenvalue weighted by Gasteiger charge is 2.19. The van der Waals surface area contributed by atoms with Crippen LogP contribution in [0.5, 0.6) is 0 Å². The number of nitrogens with one attached hydrogen (secondary N) is 1. The first-order valence-corrected chi connectivity index (χ1v) is 7.10. The van der Waals surface area contributed by atoms with Gasteiger partial charge in [-0.15, -0.1) is 0 Å². The van der Waals surface area contributed by atoms with Crippen LogP contribution < -0.4 is 5.32 Å². The van der Waals surface area contributed by atoms with Gasteiger partial charge >= 0.3 is 0 Å². The van der Waals surface area contributed by atoms with Crippen LogP contribution >= 0.6 is 0 Å². The Morgan fingerprint density at radius 3 is 2.25 bits per heavy atom. The minimum Gasteiger partial charge on any atom is -0.370 e. The molecule has 0 saturated carbocycles. The first-order chi connectivity index (χ1) is 9.40. The van der Waals surface area contributed by atoms with E-state index in [2.05, 4.69) is 69.2 Å². The zero-order chi connectivity index (χ0) is 14.8. The Hall–Kier alpha value is -1.90. The molecule has 106 valence electrons. The second kappa shape index (κ2) is 5.61. The van der Waals surface area contributed by atoms with Crippen LogP contribution in [0.15, 0.2) is 30.3 Å². The number of aryl methyl sites for hydroxylation is 1. The lowest BCUT2D eigenvalue weighted by Gasteiger charge is -2.19. The molecule has 2 aromatic rings. The molecule has 3 nitrogen and oxygen atoms in total. The molecular formula is C17H23N3. The third-order valence-electron chi connectivity index (χ3n) is 3.10. The van der Waals surface area contributed by atoms with Gasteiger partial charge in [0.25, 0.3) is 0 Å². The van der Waals surface area contributed by atoms with Crippen LogP contribution in [0.25, 0.3) is 11.3 Å². The second-order valence-corrected chi connectivity index (χ2v) is 6.11. The lowest BCUT2D eigenvalue weighted by molar-refractivity contribution is 0.546. The van der Waals surface area contributed by atoms with Crippen molar-refractivity contribution in [3.63, 3.8) is 0 Å². The maximum Gasteiger partial charge on any atom is 0.136 e. The van der Waals surface area contributed by atoms with Crippen molar-refractivity contribution in [1.29, 1.82) is 0 Å². The first-order valence-electron chi connectivity index (χ1n) is 7.10. The molecule has 1 heterocycles. The summed E-state index contributed by atoms with van der Waals surface area (Å²) in [7, 11) is 0. The number of anilines is 1. The van der Waals surface area contributed by atoms with Gasteiger partial charge in [0.05, 0.1) is 5.69 Å². The van der Waals surface area contributed by atoms with Crippen molar-refractivity contribution in [3.05, 3.63) is 41.7 Å². The summed E-state index contributed by atoms with van der Waals surface area (Å²) in [6.07, 6.45) is 0.